The maximum atomic E-state index is 11.5. The third-order valence-corrected chi connectivity index (χ3v) is 4.60. The summed E-state index contributed by atoms with van der Waals surface area (Å²) in [7, 11) is 0. The van der Waals surface area contributed by atoms with Crippen LogP contribution in [0, 0.1) is 0 Å². The molecule has 6 nitrogen and oxygen atoms in total. The van der Waals surface area contributed by atoms with E-state index in [0.29, 0.717) is 18.6 Å². The summed E-state index contributed by atoms with van der Waals surface area (Å²) in [6.07, 6.45) is 5.94. The minimum Gasteiger partial charge on any atom is -0.392 e. The first-order chi connectivity index (χ1) is 13.5. The van der Waals surface area contributed by atoms with Crippen molar-refractivity contribution in [1.29, 1.82) is 0 Å². The monoisotopic (exact) mass is 414 g/mol. The Morgan fingerprint density at radius 1 is 1.21 bits per heavy atom. The van der Waals surface area contributed by atoms with Crippen LogP contribution in [0.15, 0.2) is 17.3 Å². The van der Waals surface area contributed by atoms with E-state index in [4.69, 9.17) is 0 Å². The van der Waals surface area contributed by atoms with Gasteiger partial charge in [0.2, 0.25) is 0 Å². The number of aliphatic hydroxyl groups excluding tert-OH is 1. The highest BCUT2D eigenvalue weighted by molar-refractivity contribution is 7.99. The second kappa shape index (κ2) is 17.8. The summed E-state index contributed by atoms with van der Waals surface area (Å²) in [5, 5.41) is 10.3. The quantitative estimate of drug-likeness (QED) is 0.680. The SMILES string of the molecule is CC.CC.CC.CSC(C)C.O=c1[nH]cnc2c(CN3CC[C@H](O)C3)c[nH]c12. The number of aliphatic hydroxyl groups is 1. The fraction of sp³-hybridized carbons (Fsp3) is 0.714. The Hall–Kier alpha value is -1.31. The summed E-state index contributed by atoms with van der Waals surface area (Å²) in [6, 6.07) is 0. The first-order valence-corrected chi connectivity index (χ1v) is 11.8. The van der Waals surface area contributed by atoms with E-state index in [1.807, 2.05) is 59.5 Å². The second-order valence-corrected chi connectivity index (χ2v) is 7.15. The van der Waals surface area contributed by atoms with Gasteiger partial charge in [-0.3, -0.25) is 9.69 Å². The molecule has 1 saturated heterocycles. The molecule has 2 aromatic heterocycles. The van der Waals surface area contributed by atoms with E-state index in [2.05, 4.69) is 40.0 Å². The van der Waals surface area contributed by atoms with Gasteiger partial charge >= 0.3 is 0 Å². The predicted octanol–water partition coefficient (Wildman–Crippen LogP) is 4.65. The molecule has 0 amide bonds. The van der Waals surface area contributed by atoms with Crippen molar-refractivity contribution in [3.63, 3.8) is 0 Å². The van der Waals surface area contributed by atoms with Gasteiger partial charge in [0.25, 0.3) is 5.56 Å². The van der Waals surface area contributed by atoms with Crippen LogP contribution in [-0.4, -0.2) is 55.7 Å². The smallest absolute Gasteiger partial charge is 0.275 e. The van der Waals surface area contributed by atoms with E-state index in [1.54, 1.807) is 0 Å². The molecule has 0 radical (unpaired) electrons. The molecular weight excluding hydrogens is 372 g/mol. The van der Waals surface area contributed by atoms with E-state index < -0.39 is 0 Å². The number of fused-ring (bicyclic) bond motifs is 1. The Bertz CT molecular complexity index is 655. The lowest BCUT2D eigenvalue weighted by molar-refractivity contribution is 0.175. The van der Waals surface area contributed by atoms with Crippen molar-refractivity contribution in [2.75, 3.05) is 19.3 Å². The second-order valence-electron chi connectivity index (χ2n) is 5.73. The molecule has 164 valence electrons. The topological polar surface area (TPSA) is 85.0 Å². The first kappa shape index (κ1) is 28.9. The number of H-pyrrole nitrogens is 2. The molecule has 3 rings (SSSR count). The molecule has 1 aliphatic heterocycles. The summed E-state index contributed by atoms with van der Waals surface area (Å²) in [5.74, 6) is 0. The fourth-order valence-electron chi connectivity index (χ4n) is 2.32. The van der Waals surface area contributed by atoms with E-state index in [-0.39, 0.29) is 11.7 Å². The fourth-order valence-corrected chi connectivity index (χ4v) is 2.32. The lowest BCUT2D eigenvalue weighted by Crippen LogP contribution is -2.21. The summed E-state index contributed by atoms with van der Waals surface area (Å²) in [5.41, 5.74) is 2.08. The maximum Gasteiger partial charge on any atom is 0.275 e. The molecule has 28 heavy (non-hydrogen) atoms. The van der Waals surface area contributed by atoms with Crippen LogP contribution in [0.3, 0.4) is 0 Å². The molecule has 0 saturated carbocycles. The first-order valence-electron chi connectivity index (χ1n) is 10.5. The molecule has 1 fully saturated rings. The van der Waals surface area contributed by atoms with Gasteiger partial charge in [0, 0.05) is 31.4 Å². The molecule has 7 heteroatoms. The predicted molar refractivity (Wildman–Crippen MR) is 125 cm³/mol. The molecule has 0 bridgehead atoms. The largest absolute Gasteiger partial charge is 0.392 e. The number of nitrogens with one attached hydrogen (secondary N) is 2. The van der Waals surface area contributed by atoms with Crippen LogP contribution in [0.5, 0.6) is 0 Å². The Labute approximate surface area is 175 Å². The summed E-state index contributed by atoms with van der Waals surface area (Å²) < 4.78 is 0. The summed E-state index contributed by atoms with van der Waals surface area (Å²) >= 11 is 1.88. The van der Waals surface area contributed by atoms with Gasteiger partial charge in [-0.1, -0.05) is 55.4 Å². The van der Waals surface area contributed by atoms with Gasteiger partial charge in [-0.25, -0.2) is 4.98 Å². The molecular formula is C21H42N4O2S. The molecule has 3 heterocycles. The lowest BCUT2D eigenvalue weighted by atomic mass is 10.2. The van der Waals surface area contributed by atoms with Crippen molar-refractivity contribution >= 4 is 22.8 Å². The van der Waals surface area contributed by atoms with Crippen LogP contribution in [0.4, 0.5) is 0 Å². The van der Waals surface area contributed by atoms with Crippen LogP contribution in [0.25, 0.3) is 11.0 Å². The van der Waals surface area contributed by atoms with Gasteiger partial charge in [0.1, 0.15) is 5.52 Å². The molecule has 0 spiro atoms. The Kier molecular flexibility index (Phi) is 18.3. The van der Waals surface area contributed by atoms with Gasteiger partial charge in [-0.2, -0.15) is 11.8 Å². The number of thioether (sulfide) groups is 1. The Balaban J connectivity index is 0. The lowest BCUT2D eigenvalue weighted by Gasteiger charge is -2.13. The van der Waals surface area contributed by atoms with Crippen molar-refractivity contribution in [3.05, 3.63) is 28.4 Å². The number of hydrogen-bond acceptors (Lipinski definition) is 5. The standard InChI is InChI=1S/C11H14N4O2.C4H10S.3C2H6/c16-8-1-2-15(5-8)4-7-3-12-10-9(7)13-6-14-11(10)17;1-4(2)5-3;3*1-2/h3,6,8,12,16H,1-2,4-5H2,(H,13,14,17);4H,1-3H3;3*1-2H3/t8-;;;;/m0..../s1. The Morgan fingerprint density at radius 3 is 2.25 bits per heavy atom. The third-order valence-electron chi connectivity index (χ3n) is 3.66. The number of likely N-dealkylation sites (tertiary alicyclic amines) is 1. The number of β-amino-alcohol motifs (C(OH)–C–C–N with tert-alkyl or cyclic N) is 1. The normalized spacial score (nSPS) is 15.3. The molecule has 1 atom stereocenters. The van der Waals surface area contributed by atoms with Crippen LogP contribution in [0.1, 0.15) is 67.4 Å². The molecule has 1 aliphatic rings. The average molecular weight is 415 g/mol. The highest BCUT2D eigenvalue weighted by Crippen LogP contribution is 2.17. The van der Waals surface area contributed by atoms with Gasteiger partial charge in [0.15, 0.2) is 0 Å². The van der Waals surface area contributed by atoms with Crippen LogP contribution < -0.4 is 5.56 Å². The van der Waals surface area contributed by atoms with Gasteiger partial charge in [-0.15, -0.1) is 0 Å². The average Bonchev–Trinajstić information content (AvgIpc) is 3.34. The van der Waals surface area contributed by atoms with Crippen molar-refractivity contribution in [2.24, 2.45) is 0 Å². The van der Waals surface area contributed by atoms with Gasteiger partial charge in [-0.05, 0) is 17.9 Å². The number of aromatic nitrogens is 3. The van der Waals surface area contributed by atoms with Crippen molar-refractivity contribution in [1.82, 2.24) is 19.9 Å². The molecule has 0 unspecified atom stereocenters. The maximum absolute atomic E-state index is 11.5. The van der Waals surface area contributed by atoms with Gasteiger partial charge in [0.05, 0.1) is 17.9 Å². The zero-order valence-corrected chi connectivity index (χ0v) is 20.1. The Morgan fingerprint density at radius 2 is 1.79 bits per heavy atom. The number of rotatable bonds is 3. The minimum atomic E-state index is -0.225. The molecule has 0 aliphatic carbocycles. The zero-order valence-electron chi connectivity index (χ0n) is 19.3. The molecule has 2 aromatic rings. The summed E-state index contributed by atoms with van der Waals surface area (Å²) in [4.78, 5) is 23.3. The molecule has 0 aromatic carbocycles. The highest BCUT2D eigenvalue weighted by atomic mass is 32.2. The van der Waals surface area contributed by atoms with Crippen LogP contribution in [0.2, 0.25) is 0 Å². The number of aromatic amines is 2. The van der Waals surface area contributed by atoms with Crippen molar-refractivity contribution < 1.29 is 5.11 Å². The minimum absolute atomic E-state index is 0.150. The van der Waals surface area contributed by atoms with Crippen molar-refractivity contribution in [3.8, 4) is 0 Å². The highest BCUT2D eigenvalue weighted by Gasteiger charge is 2.21. The van der Waals surface area contributed by atoms with E-state index >= 15 is 0 Å². The van der Waals surface area contributed by atoms with E-state index in [9.17, 15) is 9.90 Å². The van der Waals surface area contributed by atoms with Gasteiger partial charge < -0.3 is 15.1 Å². The van der Waals surface area contributed by atoms with E-state index in [0.717, 1.165) is 29.3 Å². The number of nitrogens with zero attached hydrogens (tertiary/aromatic N) is 2. The van der Waals surface area contributed by atoms with E-state index in [1.165, 1.54) is 6.33 Å². The third kappa shape index (κ3) is 10.3. The zero-order chi connectivity index (χ0) is 22.1. The van der Waals surface area contributed by atoms with Crippen molar-refractivity contribution in [2.45, 2.75) is 79.7 Å². The molecule has 3 N–H and O–H groups in total. The summed E-state index contributed by atoms with van der Waals surface area (Å²) in [6.45, 7) is 18.7. The number of hydrogen-bond donors (Lipinski definition) is 3. The van der Waals surface area contributed by atoms with Crippen LogP contribution in [-0.2, 0) is 6.54 Å². The van der Waals surface area contributed by atoms with Crippen LogP contribution >= 0.6 is 11.8 Å².